The second-order valence-electron chi connectivity index (χ2n) is 7.07. The van der Waals surface area contributed by atoms with Crippen LogP contribution in [0.5, 0.6) is 0 Å². The van der Waals surface area contributed by atoms with Crippen molar-refractivity contribution in [1.82, 2.24) is 0 Å². The first-order valence-electron chi connectivity index (χ1n) is 9.85. The van der Waals surface area contributed by atoms with Gasteiger partial charge in [0.15, 0.2) is 0 Å². The summed E-state index contributed by atoms with van der Waals surface area (Å²) >= 11 is 6.13. The summed E-state index contributed by atoms with van der Waals surface area (Å²) in [6.07, 6.45) is 1.54. The highest BCUT2D eigenvalue weighted by Gasteiger charge is 2.20. The smallest absolute Gasteiger partial charge is 0.338 e. The van der Waals surface area contributed by atoms with Gasteiger partial charge in [-0.1, -0.05) is 23.7 Å². The summed E-state index contributed by atoms with van der Waals surface area (Å²) in [5.74, 6) is -0.725. The quantitative estimate of drug-likeness (QED) is 0.555. The summed E-state index contributed by atoms with van der Waals surface area (Å²) in [6.45, 7) is 5.60. The fourth-order valence-corrected chi connectivity index (χ4v) is 4.31. The molecule has 0 aromatic heterocycles. The zero-order chi connectivity index (χ0) is 23.2. The first-order valence-corrected chi connectivity index (χ1v) is 12.1. The summed E-state index contributed by atoms with van der Waals surface area (Å²) in [5.41, 5.74) is 2.67. The van der Waals surface area contributed by atoms with Crippen LogP contribution in [-0.4, -0.2) is 39.7 Å². The van der Waals surface area contributed by atoms with Crippen LogP contribution >= 0.6 is 11.6 Å². The lowest BCUT2D eigenvalue weighted by Gasteiger charge is -2.24. The van der Waals surface area contributed by atoms with E-state index in [4.69, 9.17) is 16.3 Å². The Kier molecular flexibility index (Phi) is 8.47. The van der Waals surface area contributed by atoms with Crippen molar-refractivity contribution < 1.29 is 22.7 Å². The summed E-state index contributed by atoms with van der Waals surface area (Å²) in [5, 5.41) is 3.26. The number of ether oxygens (including phenoxy) is 1. The van der Waals surface area contributed by atoms with Crippen molar-refractivity contribution in [3.05, 3.63) is 58.1 Å². The summed E-state index contributed by atoms with van der Waals surface area (Å²) in [7, 11) is -3.55. The zero-order valence-corrected chi connectivity index (χ0v) is 19.6. The Morgan fingerprint density at radius 1 is 1.10 bits per heavy atom. The van der Waals surface area contributed by atoms with Crippen molar-refractivity contribution in [3.8, 4) is 0 Å². The van der Waals surface area contributed by atoms with E-state index in [2.05, 4.69) is 5.32 Å². The number of benzene rings is 2. The van der Waals surface area contributed by atoms with E-state index in [1.54, 1.807) is 57.2 Å². The molecule has 168 valence electrons. The standard InChI is InChI=1S/C22H27ClN2O5S/c1-5-30-22(27)17-9-6-11-19(15(17)2)24-21(26)13-8-14-25(31(4,28)29)20-12-7-10-18(23)16(20)3/h6-7,9-12H,5,8,13-14H2,1-4H3,(H,24,26). The third-order valence-electron chi connectivity index (χ3n) is 4.78. The molecular formula is C22H27ClN2O5S. The van der Waals surface area contributed by atoms with E-state index in [0.717, 1.165) is 6.26 Å². The third kappa shape index (κ3) is 6.45. The van der Waals surface area contributed by atoms with Crippen LogP contribution in [0.15, 0.2) is 36.4 Å². The van der Waals surface area contributed by atoms with Crippen LogP contribution in [0.4, 0.5) is 11.4 Å². The Morgan fingerprint density at radius 2 is 1.77 bits per heavy atom. The Labute approximate surface area is 188 Å². The van der Waals surface area contributed by atoms with Crippen LogP contribution in [0.1, 0.15) is 41.3 Å². The molecule has 0 spiro atoms. The van der Waals surface area contributed by atoms with E-state index in [1.807, 2.05) is 0 Å². The molecule has 0 unspecified atom stereocenters. The largest absolute Gasteiger partial charge is 0.462 e. The maximum Gasteiger partial charge on any atom is 0.338 e. The fraction of sp³-hybridized carbons (Fsp3) is 0.364. The molecule has 0 aliphatic carbocycles. The molecule has 0 radical (unpaired) electrons. The molecule has 1 amide bonds. The van der Waals surface area contributed by atoms with Crippen molar-refractivity contribution >= 4 is 44.9 Å². The molecule has 0 saturated heterocycles. The Bertz CT molecular complexity index is 1070. The average molecular weight is 467 g/mol. The molecule has 2 aromatic carbocycles. The van der Waals surface area contributed by atoms with Gasteiger partial charge in [-0.05, 0) is 62.6 Å². The number of hydrogen-bond acceptors (Lipinski definition) is 5. The van der Waals surface area contributed by atoms with E-state index in [-0.39, 0.29) is 25.5 Å². The van der Waals surface area contributed by atoms with E-state index in [1.165, 1.54) is 4.31 Å². The van der Waals surface area contributed by atoms with E-state index >= 15 is 0 Å². The van der Waals surface area contributed by atoms with Gasteiger partial charge in [0, 0.05) is 23.7 Å². The number of anilines is 2. The van der Waals surface area contributed by atoms with Gasteiger partial charge in [0.1, 0.15) is 0 Å². The Morgan fingerprint density at radius 3 is 2.42 bits per heavy atom. The topological polar surface area (TPSA) is 92.8 Å². The van der Waals surface area contributed by atoms with Gasteiger partial charge >= 0.3 is 5.97 Å². The van der Waals surface area contributed by atoms with Crippen LogP contribution in [0, 0.1) is 13.8 Å². The van der Waals surface area contributed by atoms with Gasteiger partial charge < -0.3 is 10.1 Å². The SMILES string of the molecule is CCOC(=O)c1cccc(NC(=O)CCCN(c2cccc(Cl)c2C)S(C)(=O)=O)c1C. The van der Waals surface area contributed by atoms with E-state index in [0.29, 0.717) is 39.5 Å². The summed E-state index contributed by atoms with van der Waals surface area (Å²) < 4.78 is 30.9. The number of esters is 1. The van der Waals surface area contributed by atoms with Crippen molar-refractivity contribution in [2.75, 3.05) is 29.0 Å². The van der Waals surface area contributed by atoms with Crippen molar-refractivity contribution in [2.45, 2.75) is 33.6 Å². The fourth-order valence-electron chi connectivity index (χ4n) is 3.13. The predicted molar refractivity (Wildman–Crippen MR) is 123 cm³/mol. The maximum absolute atomic E-state index is 12.4. The molecule has 0 atom stereocenters. The first kappa shape index (κ1) is 24.7. The maximum atomic E-state index is 12.4. The molecule has 9 heteroatoms. The van der Waals surface area contributed by atoms with Gasteiger partial charge in [-0.25, -0.2) is 13.2 Å². The second-order valence-corrected chi connectivity index (χ2v) is 9.38. The van der Waals surface area contributed by atoms with Crippen LogP contribution < -0.4 is 9.62 Å². The third-order valence-corrected chi connectivity index (χ3v) is 6.37. The molecule has 2 rings (SSSR count). The lowest BCUT2D eigenvalue weighted by atomic mass is 10.1. The van der Waals surface area contributed by atoms with E-state index < -0.39 is 16.0 Å². The Hall–Kier alpha value is -2.58. The zero-order valence-electron chi connectivity index (χ0n) is 18.1. The highest BCUT2D eigenvalue weighted by Crippen LogP contribution is 2.28. The molecular weight excluding hydrogens is 440 g/mol. The molecule has 0 aliphatic heterocycles. The Balaban J connectivity index is 2.06. The first-order chi connectivity index (χ1) is 14.6. The number of nitrogens with zero attached hydrogens (tertiary/aromatic N) is 1. The van der Waals surface area contributed by atoms with Crippen LogP contribution in [0.2, 0.25) is 5.02 Å². The molecule has 7 nitrogen and oxygen atoms in total. The van der Waals surface area contributed by atoms with Gasteiger partial charge in [-0.15, -0.1) is 0 Å². The highest BCUT2D eigenvalue weighted by atomic mass is 35.5. The van der Waals surface area contributed by atoms with Gasteiger partial charge in [-0.2, -0.15) is 0 Å². The van der Waals surface area contributed by atoms with Gasteiger partial charge in [0.05, 0.1) is 24.1 Å². The minimum Gasteiger partial charge on any atom is -0.462 e. The molecule has 0 saturated carbocycles. The highest BCUT2D eigenvalue weighted by molar-refractivity contribution is 7.92. The average Bonchev–Trinajstić information content (AvgIpc) is 2.69. The number of hydrogen-bond donors (Lipinski definition) is 1. The number of nitrogens with one attached hydrogen (secondary N) is 1. The van der Waals surface area contributed by atoms with E-state index in [9.17, 15) is 18.0 Å². The van der Waals surface area contributed by atoms with Gasteiger partial charge in [-0.3, -0.25) is 9.10 Å². The number of carbonyl (C=O) groups is 2. The number of amides is 1. The molecule has 31 heavy (non-hydrogen) atoms. The van der Waals surface area contributed by atoms with Crippen molar-refractivity contribution in [1.29, 1.82) is 0 Å². The summed E-state index contributed by atoms with van der Waals surface area (Å²) in [4.78, 5) is 24.5. The van der Waals surface area contributed by atoms with Crippen molar-refractivity contribution in [2.24, 2.45) is 0 Å². The minimum atomic E-state index is -3.55. The van der Waals surface area contributed by atoms with Crippen LogP contribution in [0.25, 0.3) is 0 Å². The molecule has 0 aliphatic rings. The molecule has 2 aromatic rings. The molecule has 0 bridgehead atoms. The minimum absolute atomic E-state index is 0.106. The summed E-state index contributed by atoms with van der Waals surface area (Å²) in [6, 6.07) is 10.1. The number of rotatable bonds is 9. The normalized spacial score (nSPS) is 11.1. The lowest BCUT2D eigenvalue weighted by Crippen LogP contribution is -2.32. The number of carbonyl (C=O) groups excluding carboxylic acids is 2. The molecule has 0 heterocycles. The van der Waals surface area contributed by atoms with Gasteiger partial charge in [0.2, 0.25) is 15.9 Å². The predicted octanol–water partition coefficient (Wildman–Crippen LogP) is 4.32. The molecule has 0 fully saturated rings. The number of sulfonamides is 1. The van der Waals surface area contributed by atoms with Crippen LogP contribution in [-0.2, 0) is 19.6 Å². The van der Waals surface area contributed by atoms with Crippen LogP contribution in [0.3, 0.4) is 0 Å². The van der Waals surface area contributed by atoms with Crippen molar-refractivity contribution in [3.63, 3.8) is 0 Å². The molecule has 1 N–H and O–H groups in total. The number of halogens is 1. The second kappa shape index (κ2) is 10.6. The lowest BCUT2D eigenvalue weighted by molar-refractivity contribution is -0.116. The monoisotopic (exact) mass is 466 g/mol. The van der Waals surface area contributed by atoms with Gasteiger partial charge in [0.25, 0.3) is 0 Å².